The van der Waals surface area contributed by atoms with Gasteiger partial charge in [-0.3, -0.25) is 19.8 Å². The SMILES string of the molecule is CNC(=O)NC(=O)[C@@H](C)Sc1nnc(N(C(C)=O)C2CC2)s1. The second-order valence-corrected chi connectivity index (χ2v) is 7.34. The zero-order valence-electron chi connectivity index (χ0n) is 12.5. The van der Waals surface area contributed by atoms with E-state index in [-0.39, 0.29) is 11.9 Å². The topological polar surface area (TPSA) is 104 Å². The normalized spacial score (nSPS) is 15.0. The van der Waals surface area contributed by atoms with Crippen LogP contribution in [-0.4, -0.2) is 46.4 Å². The first-order valence-electron chi connectivity index (χ1n) is 6.75. The largest absolute Gasteiger partial charge is 0.341 e. The molecule has 0 saturated heterocycles. The van der Waals surface area contributed by atoms with E-state index < -0.39 is 17.2 Å². The lowest BCUT2D eigenvalue weighted by Crippen LogP contribution is -2.41. The van der Waals surface area contributed by atoms with Crippen LogP contribution in [0.15, 0.2) is 4.34 Å². The summed E-state index contributed by atoms with van der Waals surface area (Å²) in [5, 5.41) is 12.6. The Hall–Kier alpha value is -1.68. The van der Waals surface area contributed by atoms with Crippen LogP contribution in [0.3, 0.4) is 0 Å². The Labute approximate surface area is 136 Å². The van der Waals surface area contributed by atoms with Crippen molar-refractivity contribution in [2.45, 2.75) is 42.3 Å². The summed E-state index contributed by atoms with van der Waals surface area (Å²) in [6.45, 7) is 3.18. The molecule has 0 radical (unpaired) electrons. The zero-order chi connectivity index (χ0) is 16.3. The van der Waals surface area contributed by atoms with Crippen LogP contribution >= 0.6 is 23.1 Å². The molecule has 2 N–H and O–H groups in total. The van der Waals surface area contributed by atoms with E-state index in [0.717, 1.165) is 12.8 Å². The molecule has 1 aliphatic carbocycles. The fourth-order valence-corrected chi connectivity index (χ4v) is 3.81. The number of amides is 4. The first kappa shape index (κ1) is 16.7. The van der Waals surface area contributed by atoms with Gasteiger partial charge in [0.05, 0.1) is 5.25 Å². The highest BCUT2D eigenvalue weighted by Gasteiger charge is 2.34. The minimum absolute atomic E-state index is 0.0550. The van der Waals surface area contributed by atoms with E-state index in [1.165, 1.54) is 37.1 Å². The molecule has 1 aromatic rings. The monoisotopic (exact) mass is 343 g/mol. The number of anilines is 1. The number of nitrogens with one attached hydrogen (secondary N) is 2. The number of carbonyl (C=O) groups excluding carboxylic acids is 3. The molecule has 22 heavy (non-hydrogen) atoms. The second-order valence-electron chi connectivity index (χ2n) is 4.80. The van der Waals surface area contributed by atoms with E-state index in [1.807, 2.05) is 0 Å². The summed E-state index contributed by atoms with van der Waals surface area (Å²) >= 11 is 2.47. The Morgan fingerprint density at radius 2 is 2.05 bits per heavy atom. The predicted molar refractivity (Wildman–Crippen MR) is 84.0 cm³/mol. The number of imide groups is 1. The molecular formula is C12H17N5O3S2. The number of hydrogen-bond donors (Lipinski definition) is 2. The summed E-state index contributed by atoms with van der Waals surface area (Å²) in [5.41, 5.74) is 0. The van der Waals surface area contributed by atoms with Crippen molar-refractivity contribution in [1.82, 2.24) is 20.8 Å². The summed E-state index contributed by atoms with van der Waals surface area (Å²) in [4.78, 5) is 36.2. The molecule has 8 nitrogen and oxygen atoms in total. The molecule has 0 bridgehead atoms. The van der Waals surface area contributed by atoms with E-state index >= 15 is 0 Å². The van der Waals surface area contributed by atoms with Gasteiger partial charge < -0.3 is 5.32 Å². The van der Waals surface area contributed by atoms with Crippen molar-refractivity contribution in [2.24, 2.45) is 0 Å². The fourth-order valence-electron chi connectivity index (χ4n) is 1.71. The lowest BCUT2D eigenvalue weighted by Gasteiger charge is -2.15. The van der Waals surface area contributed by atoms with Gasteiger partial charge in [-0.05, 0) is 19.8 Å². The number of aromatic nitrogens is 2. The highest BCUT2D eigenvalue weighted by Crippen LogP contribution is 2.36. The van der Waals surface area contributed by atoms with Crippen LogP contribution in [0.1, 0.15) is 26.7 Å². The maximum Gasteiger partial charge on any atom is 0.321 e. The summed E-state index contributed by atoms with van der Waals surface area (Å²) in [6.07, 6.45) is 1.96. The zero-order valence-corrected chi connectivity index (χ0v) is 14.1. The fraction of sp³-hybridized carbons (Fsp3) is 0.583. The quantitative estimate of drug-likeness (QED) is 0.610. The second kappa shape index (κ2) is 7.05. The Bertz CT molecular complexity index is 587. The van der Waals surface area contributed by atoms with Crippen LogP contribution in [0.25, 0.3) is 0 Å². The Morgan fingerprint density at radius 1 is 1.36 bits per heavy atom. The molecule has 0 unspecified atom stereocenters. The first-order chi connectivity index (χ1) is 10.4. The van der Waals surface area contributed by atoms with Crippen molar-refractivity contribution >= 4 is 46.1 Å². The summed E-state index contributed by atoms with van der Waals surface area (Å²) in [6, 6.07) is -0.329. The van der Waals surface area contributed by atoms with Crippen LogP contribution in [0, 0.1) is 0 Å². The summed E-state index contributed by atoms with van der Waals surface area (Å²) < 4.78 is 0.585. The van der Waals surface area contributed by atoms with E-state index in [1.54, 1.807) is 11.8 Å². The highest BCUT2D eigenvalue weighted by molar-refractivity contribution is 8.02. The van der Waals surface area contributed by atoms with Crippen molar-refractivity contribution < 1.29 is 14.4 Å². The average Bonchev–Trinajstić information content (AvgIpc) is 3.18. The average molecular weight is 343 g/mol. The van der Waals surface area contributed by atoms with E-state index in [4.69, 9.17) is 0 Å². The molecule has 0 aliphatic heterocycles. The third kappa shape index (κ3) is 4.17. The number of nitrogens with zero attached hydrogens (tertiary/aromatic N) is 3. The third-order valence-corrected chi connectivity index (χ3v) is 5.07. The predicted octanol–water partition coefficient (Wildman–Crippen LogP) is 0.990. The molecule has 1 aromatic heterocycles. The van der Waals surface area contributed by atoms with Crippen LogP contribution in [0.2, 0.25) is 0 Å². The van der Waals surface area contributed by atoms with Gasteiger partial charge in [-0.25, -0.2) is 4.79 Å². The number of urea groups is 1. The Balaban J connectivity index is 1.98. The van der Waals surface area contributed by atoms with Crippen molar-refractivity contribution in [2.75, 3.05) is 11.9 Å². The number of hydrogen-bond acceptors (Lipinski definition) is 7. The molecular weight excluding hydrogens is 326 g/mol. The van der Waals surface area contributed by atoms with E-state index in [2.05, 4.69) is 20.8 Å². The van der Waals surface area contributed by atoms with Gasteiger partial charge >= 0.3 is 6.03 Å². The molecule has 120 valence electrons. The van der Waals surface area contributed by atoms with Gasteiger partial charge in [0.25, 0.3) is 0 Å². The minimum atomic E-state index is -0.549. The molecule has 0 spiro atoms. The van der Waals surface area contributed by atoms with E-state index in [0.29, 0.717) is 9.47 Å². The molecule has 2 rings (SSSR count). The molecule has 10 heteroatoms. The van der Waals surface area contributed by atoms with Gasteiger partial charge in [0.15, 0.2) is 4.34 Å². The summed E-state index contributed by atoms with van der Waals surface area (Å²) in [5.74, 6) is -0.465. The molecule has 1 saturated carbocycles. The molecule has 1 aliphatic rings. The lowest BCUT2D eigenvalue weighted by molar-refractivity contribution is -0.119. The molecule has 1 heterocycles. The number of carbonyl (C=O) groups is 3. The van der Waals surface area contributed by atoms with Gasteiger partial charge in [0.1, 0.15) is 0 Å². The smallest absolute Gasteiger partial charge is 0.321 e. The van der Waals surface area contributed by atoms with Gasteiger partial charge in [-0.15, -0.1) is 10.2 Å². The van der Waals surface area contributed by atoms with Gasteiger partial charge in [-0.1, -0.05) is 23.1 Å². The highest BCUT2D eigenvalue weighted by atomic mass is 32.2. The molecule has 0 aromatic carbocycles. The van der Waals surface area contributed by atoms with Gasteiger partial charge in [-0.2, -0.15) is 0 Å². The van der Waals surface area contributed by atoms with Gasteiger partial charge in [0, 0.05) is 20.0 Å². The van der Waals surface area contributed by atoms with Crippen LogP contribution in [0.4, 0.5) is 9.93 Å². The minimum Gasteiger partial charge on any atom is -0.341 e. The number of rotatable bonds is 5. The Kier molecular flexibility index (Phi) is 5.35. The van der Waals surface area contributed by atoms with Crippen molar-refractivity contribution in [3.05, 3.63) is 0 Å². The maximum atomic E-state index is 11.8. The van der Waals surface area contributed by atoms with Crippen molar-refractivity contribution in [1.29, 1.82) is 0 Å². The van der Waals surface area contributed by atoms with Gasteiger partial charge in [0.2, 0.25) is 16.9 Å². The summed E-state index contributed by atoms with van der Waals surface area (Å²) in [7, 11) is 1.44. The van der Waals surface area contributed by atoms with E-state index in [9.17, 15) is 14.4 Å². The van der Waals surface area contributed by atoms with Crippen molar-refractivity contribution in [3.63, 3.8) is 0 Å². The first-order valence-corrected chi connectivity index (χ1v) is 8.44. The Morgan fingerprint density at radius 3 is 2.59 bits per heavy atom. The third-order valence-electron chi connectivity index (χ3n) is 2.96. The molecule has 1 atom stereocenters. The van der Waals surface area contributed by atoms with Crippen LogP contribution in [0.5, 0.6) is 0 Å². The van der Waals surface area contributed by atoms with Crippen LogP contribution in [-0.2, 0) is 9.59 Å². The molecule has 1 fully saturated rings. The van der Waals surface area contributed by atoms with Crippen LogP contribution < -0.4 is 15.5 Å². The standard InChI is InChI=1S/C12H17N5O3S2/c1-6(9(19)14-10(20)13-3)21-12-16-15-11(22-12)17(7(2)18)8-4-5-8/h6,8H,4-5H2,1-3H3,(H2,13,14,19,20)/t6-/m1/s1. The lowest BCUT2D eigenvalue weighted by atomic mass is 10.4. The number of thioether (sulfide) groups is 1. The maximum absolute atomic E-state index is 11.8. The molecule has 4 amide bonds. The van der Waals surface area contributed by atoms with Crippen molar-refractivity contribution in [3.8, 4) is 0 Å².